The van der Waals surface area contributed by atoms with Gasteiger partial charge in [0, 0.05) is 18.1 Å². The summed E-state index contributed by atoms with van der Waals surface area (Å²) in [6, 6.07) is -0.735. The van der Waals surface area contributed by atoms with Crippen molar-refractivity contribution in [2.24, 2.45) is 17.8 Å². The zero-order chi connectivity index (χ0) is 23.5. The molecule has 32 heavy (non-hydrogen) atoms. The van der Waals surface area contributed by atoms with E-state index >= 15 is 0 Å². The van der Waals surface area contributed by atoms with Crippen molar-refractivity contribution in [2.75, 3.05) is 6.54 Å². The summed E-state index contributed by atoms with van der Waals surface area (Å²) in [6.07, 6.45) is 9.67. The van der Waals surface area contributed by atoms with Crippen molar-refractivity contribution in [1.82, 2.24) is 15.5 Å². The van der Waals surface area contributed by atoms with Crippen LogP contribution in [0.3, 0.4) is 0 Å². The molecular formula is C25H37N3O4. The van der Waals surface area contributed by atoms with Gasteiger partial charge in [-0.2, -0.15) is 0 Å². The topological polar surface area (TPSA) is 87.7 Å². The molecule has 2 saturated heterocycles. The molecule has 1 spiro atoms. The van der Waals surface area contributed by atoms with Crippen LogP contribution in [0.25, 0.3) is 0 Å². The zero-order valence-corrected chi connectivity index (χ0v) is 19.9. The van der Waals surface area contributed by atoms with Crippen molar-refractivity contribution in [1.29, 1.82) is 0 Å². The number of likely N-dealkylation sites (tertiary alicyclic amines) is 1. The molecule has 7 nitrogen and oxygen atoms in total. The quantitative estimate of drug-likeness (QED) is 0.639. The molecule has 4 aliphatic rings. The molecule has 0 aromatic carbocycles. The first-order chi connectivity index (χ1) is 14.9. The van der Waals surface area contributed by atoms with Gasteiger partial charge in [0.2, 0.25) is 17.7 Å². The molecule has 7 atom stereocenters. The van der Waals surface area contributed by atoms with Crippen molar-refractivity contribution in [3.8, 4) is 0 Å². The average Bonchev–Trinajstić information content (AvgIpc) is 3.24. The van der Waals surface area contributed by atoms with Gasteiger partial charge in [-0.15, -0.1) is 6.58 Å². The minimum atomic E-state index is -1.15. The van der Waals surface area contributed by atoms with E-state index in [4.69, 9.17) is 4.74 Å². The van der Waals surface area contributed by atoms with Gasteiger partial charge >= 0.3 is 0 Å². The van der Waals surface area contributed by atoms with Crippen LogP contribution in [0.4, 0.5) is 0 Å². The number of hydrogen-bond acceptors (Lipinski definition) is 4. The lowest BCUT2D eigenvalue weighted by Gasteiger charge is -2.34. The Balaban J connectivity index is 1.68. The normalized spacial score (nSPS) is 40.3. The van der Waals surface area contributed by atoms with Crippen molar-refractivity contribution in [3.63, 3.8) is 0 Å². The molecule has 7 heteroatoms. The van der Waals surface area contributed by atoms with E-state index < -0.39 is 34.6 Å². The Morgan fingerprint density at radius 3 is 2.56 bits per heavy atom. The van der Waals surface area contributed by atoms with Crippen molar-refractivity contribution < 1.29 is 19.1 Å². The van der Waals surface area contributed by atoms with Crippen molar-refractivity contribution in [2.45, 2.75) is 89.1 Å². The van der Waals surface area contributed by atoms with Crippen LogP contribution in [0.15, 0.2) is 24.8 Å². The van der Waals surface area contributed by atoms with Crippen LogP contribution < -0.4 is 10.6 Å². The summed E-state index contributed by atoms with van der Waals surface area (Å²) in [7, 11) is 0. The third kappa shape index (κ3) is 3.49. The Bertz CT molecular complexity index is 862. The summed E-state index contributed by atoms with van der Waals surface area (Å²) in [5.74, 6) is -1.63. The van der Waals surface area contributed by atoms with Gasteiger partial charge in [-0.25, -0.2) is 0 Å². The molecule has 0 aromatic rings. The summed E-state index contributed by atoms with van der Waals surface area (Å²) in [5, 5.41) is 6.24. The number of amides is 3. The average molecular weight is 444 g/mol. The predicted octanol–water partition coefficient (Wildman–Crippen LogP) is 2.32. The molecule has 2 N–H and O–H groups in total. The van der Waals surface area contributed by atoms with Gasteiger partial charge in [-0.1, -0.05) is 38.0 Å². The van der Waals surface area contributed by atoms with Crippen molar-refractivity contribution in [3.05, 3.63) is 24.8 Å². The predicted molar refractivity (Wildman–Crippen MR) is 121 cm³/mol. The summed E-state index contributed by atoms with van der Waals surface area (Å²) in [6.45, 7) is 13.7. The molecule has 1 aliphatic carbocycles. The fraction of sp³-hybridized carbons (Fsp3) is 0.720. The largest absolute Gasteiger partial charge is 0.356 e. The monoisotopic (exact) mass is 443 g/mol. The highest BCUT2D eigenvalue weighted by molar-refractivity contribution is 6.00. The van der Waals surface area contributed by atoms with E-state index in [0.29, 0.717) is 5.92 Å². The number of fused-ring (bicyclic) bond motifs is 1. The molecule has 1 saturated carbocycles. The first kappa shape index (κ1) is 23.0. The molecule has 0 unspecified atom stereocenters. The number of rotatable bonds is 5. The molecule has 176 valence electrons. The lowest BCUT2D eigenvalue weighted by Crippen LogP contribution is -2.58. The Hall–Kier alpha value is -2.15. The second kappa shape index (κ2) is 7.72. The Morgan fingerprint density at radius 2 is 1.94 bits per heavy atom. The van der Waals surface area contributed by atoms with Gasteiger partial charge in [0.1, 0.15) is 11.6 Å². The highest BCUT2D eigenvalue weighted by atomic mass is 16.5. The molecule has 2 bridgehead atoms. The first-order valence-electron chi connectivity index (χ1n) is 11.9. The maximum atomic E-state index is 13.7. The standard InChI is InChI=1S/C25H37N3O4/c1-7-14-28-19(21(30)27-23(3,4)5)25-13-12-24(6,32-25)17(18(25)22(28)31)20(29)26-16-11-9-8-10-15(16)2/h7,12-13,15-19H,1,8-11,14H2,2-6H3,(H,26,29)(H,27,30)/t15-,16-,17-,18+,19-,24-,25+/m1/s1. The highest BCUT2D eigenvalue weighted by Gasteiger charge is 2.76. The first-order valence-corrected chi connectivity index (χ1v) is 11.9. The third-order valence-electron chi connectivity index (χ3n) is 7.59. The van der Waals surface area contributed by atoms with Gasteiger partial charge in [0.25, 0.3) is 0 Å². The van der Waals surface area contributed by atoms with Gasteiger partial charge < -0.3 is 20.3 Å². The van der Waals surface area contributed by atoms with Crippen LogP contribution >= 0.6 is 0 Å². The van der Waals surface area contributed by atoms with Crippen LogP contribution in [0.1, 0.15) is 60.3 Å². The maximum Gasteiger partial charge on any atom is 0.246 e. The number of ether oxygens (including phenoxy) is 1. The second-order valence-electron chi connectivity index (χ2n) is 11.2. The fourth-order valence-corrected chi connectivity index (χ4v) is 6.21. The molecular weight excluding hydrogens is 406 g/mol. The van der Waals surface area contributed by atoms with E-state index in [0.717, 1.165) is 19.3 Å². The molecule has 3 amide bonds. The third-order valence-corrected chi connectivity index (χ3v) is 7.59. The highest BCUT2D eigenvalue weighted by Crippen LogP contribution is 2.59. The van der Waals surface area contributed by atoms with Crippen LogP contribution in [-0.4, -0.2) is 58.0 Å². The van der Waals surface area contributed by atoms with E-state index in [-0.39, 0.29) is 30.3 Å². The van der Waals surface area contributed by atoms with Crippen LogP contribution in [0.2, 0.25) is 0 Å². The number of hydrogen-bond donors (Lipinski definition) is 2. The van der Waals surface area contributed by atoms with Gasteiger partial charge in [-0.3, -0.25) is 14.4 Å². The SMILES string of the molecule is C=CCN1C(=O)[C@@H]2[C@H](C(=O)N[C@@H]3CCCC[C@H]3C)[C@@]3(C)C=C[C@@]2(O3)[C@H]1C(=O)NC(C)(C)C. The Labute approximate surface area is 191 Å². The minimum absolute atomic E-state index is 0.111. The van der Waals surface area contributed by atoms with Crippen molar-refractivity contribution >= 4 is 17.7 Å². The van der Waals surface area contributed by atoms with Crippen LogP contribution in [-0.2, 0) is 19.1 Å². The lowest BCUT2D eigenvalue weighted by molar-refractivity contribution is -0.145. The fourth-order valence-electron chi connectivity index (χ4n) is 6.21. The molecule has 3 heterocycles. The molecule has 3 aliphatic heterocycles. The number of carbonyl (C=O) groups is 3. The minimum Gasteiger partial charge on any atom is -0.356 e. The number of nitrogens with one attached hydrogen (secondary N) is 2. The smallest absolute Gasteiger partial charge is 0.246 e. The zero-order valence-electron chi connectivity index (χ0n) is 19.9. The summed E-state index contributed by atoms with van der Waals surface area (Å²) < 4.78 is 6.49. The Morgan fingerprint density at radius 1 is 1.25 bits per heavy atom. The summed E-state index contributed by atoms with van der Waals surface area (Å²) >= 11 is 0. The lowest BCUT2D eigenvalue weighted by atomic mass is 9.70. The Kier molecular flexibility index (Phi) is 5.55. The van der Waals surface area contributed by atoms with Crippen LogP contribution in [0.5, 0.6) is 0 Å². The molecule has 3 fully saturated rings. The summed E-state index contributed by atoms with van der Waals surface area (Å²) in [5.41, 5.74) is -2.53. The van der Waals surface area contributed by atoms with Gasteiger partial charge in [0.15, 0.2) is 0 Å². The van der Waals surface area contributed by atoms with Crippen LogP contribution in [0, 0.1) is 17.8 Å². The van der Waals surface area contributed by atoms with E-state index in [1.807, 2.05) is 39.8 Å². The van der Waals surface area contributed by atoms with Gasteiger partial charge in [-0.05, 0) is 46.5 Å². The second-order valence-corrected chi connectivity index (χ2v) is 11.2. The molecule has 0 aromatic heterocycles. The number of nitrogens with zero attached hydrogens (tertiary/aromatic N) is 1. The van der Waals surface area contributed by atoms with E-state index in [9.17, 15) is 14.4 Å². The number of carbonyl (C=O) groups excluding carboxylic acids is 3. The molecule has 4 rings (SSSR count). The van der Waals surface area contributed by atoms with E-state index in [2.05, 4.69) is 24.1 Å². The molecule has 0 radical (unpaired) electrons. The van der Waals surface area contributed by atoms with E-state index in [1.54, 1.807) is 6.08 Å². The summed E-state index contributed by atoms with van der Waals surface area (Å²) in [4.78, 5) is 42.2. The van der Waals surface area contributed by atoms with Gasteiger partial charge in [0.05, 0.1) is 17.4 Å². The van der Waals surface area contributed by atoms with E-state index in [1.165, 1.54) is 11.3 Å². The maximum absolute atomic E-state index is 13.7.